The van der Waals surface area contributed by atoms with Gasteiger partial charge in [-0.15, -0.1) is 0 Å². The van der Waals surface area contributed by atoms with Crippen LogP contribution in [0.5, 0.6) is 0 Å². The number of carbonyl (C=O) groups excluding carboxylic acids is 1. The lowest BCUT2D eigenvalue weighted by atomic mass is 10.3. The number of sulfonamides is 1. The van der Waals surface area contributed by atoms with Gasteiger partial charge in [-0.1, -0.05) is 13.8 Å². The number of rotatable bonds is 6. The highest BCUT2D eigenvalue weighted by Gasteiger charge is 2.19. The lowest BCUT2D eigenvalue weighted by Crippen LogP contribution is -2.32. The van der Waals surface area contributed by atoms with Crippen molar-refractivity contribution in [1.29, 1.82) is 0 Å². The van der Waals surface area contributed by atoms with Gasteiger partial charge >= 0.3 is 5.97 Å². The first-order chi connectivity index (χ1) is 6.79. The van der Waals surface area contributed by atoms with Crippen molar-refractivity contribution in [2.45, 2.75) is 20.3 Å². The smallest absolute Gasteiger partial charge is 0.306 e. The lowest BCUT2D eigenvalue weighted by molar-refractivity contribution is -0.140. The average Bonchev–Trinajstić information content (AvgIpc) is 2.11. The Morgan fingerprint density at radius 1 is 1.40 bits per heavy atom. The van der Waals surface area contributed by atoms with Gasteiger partial charge in [-0.05, 0) is 5.92 Å². The Balaban J connectivity index is 4.20. The van der Waals surface area contributed by atoms with Gasteiger partial charge in [0.2, 0.25) is 10.0 Å². The number of methoxy groups -OCH3 is 1. The van der Waals surface area contributed by atoms with E-state index in [1.54, 1.807) is 0 Å². The third-order valence-electron chi connectivity index (χ3n) is 1.88. The fraction of sp³-hybridized carbons (Fsp3) is 0.889. The normalized spacial score (nSPS) is 12.1. The molecule has 0 saturated heterocycles. The maximum absolute atomic E-state index is 11.6. The Morgan fingerprint density at radius 3 is 2.33 bits per heavy atom. The zero-order valence-electron chi connectivity index (χ0n) is 9.69. The predicted molar refractivity (Wildman–Crippen MR) is 57.9 cm³/mol. The van der Waals surface area contributed by atoms with Crippen LogP contribution in [0, 0.1) is 5.92 Å². The number of nitrogens with zero attached hydrogens (tertiary/aromatic N) is 1. The molecule has 0 heterocycles. The summed E-state index contributed by atoms with van der Waals surface area (Å²) in [7, 11) is -0.482. The van der Waals surface area contributed by atoms with Crippen molar-refractivity contribution < 1.29 is 17.9 Å². The molecule has 0 bridgehead atoms. The summed E-state index contributed by atoms with van der Waals surface area (Å²) in [4.78, 5) is 10.8. The molecule has 0 rings (SSSR count). The second-order valence-electron chi connectivity index (χ2n) is 3.82. The number of carbonyl (C=O) groups is 1. The molecule has 0 amide bonds. The third-order valence-corrected chi connectivity index (χ3v) is 4.10. The van der Waals surface area contributed by atoms with E-state index in [-0.39, 0.29) is 24.6 Å². The van der Waals surface area contributed by atoms with E-state index in [1.807, 2.05) is 13.8 Å². The Kier molecular flexibility index (Phi) is 5.82. The molecule has 0 aliphatic heterocycles. The van der Waals surface area contributed by atoms with Gasteiger partial charge in [0.1, 0.15) is 0 Å². The van der Waals surface area contributed by atoms with E-state index < -0.39 is 16.0 Å². The van der Waals surface area contributed by atoms with E-state index in [0.29, 0.717) is 0 Å². The molecular weight excluding hydrogens is 218 g/mol. The van der Waals surface area contributed by atoms with Gasteiger partial charge in [0.15, 0.2) is 0 Å². The molecule has 0 unspecified atom stereocenters. The first-order valence-electron chi connectivity index (χ1n) is 4.80. The van der Waals surface area contributed by atoms with Crippen LogP contribution in [0.2, 0.25) is 0 Å². The minimum absolute atomic E-state index is 0.0792. The second-order valence-corrected chi connectivity index (χ2v) is 5.94. The monoisotopic (exact) mass is 237 g/mol. The molecule has 0 fully saturated rings. The summed E-state index contributed by atoms with van der Waals surface area (Å²) in [5.41, 5.74) is 0. The Bertz CT molecular complexity index is 297. The van der Waals surface area contributed by atoms with Crippen LogP contribution in [0.3, 0.4) is 0 Å². The SMILES string of the molecule is COC(=O)CCN(C)S(=O)(=O)CC(C)C. The molecular formula is C9H19NO4S. The molecule has 0 aliphatic carbocycles. The quantitative estimate of drug-likeness (QED) is 0.630. The largest absolute Gasteiger partial charge is 0.469 e. The third kappa shape index (κ3) is 5.74. The van der Waals surface area contributed by atoms with E-state index >= 15 is 0 Å². The van der Waals surface area contributed by atoms with E-state index in [9.17, 15) is 13.2 Å². The Hall–Kier alpha value is -0.620. The van der Waals surface area contributed by atoms with Crippen LogP contribution < -0.4 is 0 Å². The Morgan fingerprint density at radius 2 is 1.93 bits per heavy atom. The van der Waals surface area contributed by atoms with Crippen LogP contribution in [0.1, 0.15) is 20.3 Å². The van der Waals surface area contributed by atoms with Gasteiger partial charge < -0.3 is 4.74 Å². The molecule has 0 N–H and O–H groups in total. The van der Waals surface area contributed by atoms with Crippen LogP contribution in [0.15, 0.2) is 0 Å². The van der Waals surface area contributed by atoms with Gasteiger partial charge in [-0.2, -0.15) is 0 Å². The van der Waals surface area contributed by atoms with Crippen LogP contribution in [-0.2, 0) is 19.6 Å². The second kappa shape index (κ2) is 6.07. The van der Waals surface area contributed by atoms with Gasteiger partial charge in [-0.3, -0.25) is 4.79 Å². The average molecular weight is 237 g/mol. The summed E-state index contributed by atoms with van der Waals surface area (Å²) in [5.74, 6) is -0.220. The summed E-state index contributed by atoms with van der Waals surface area (Å²) in [6.45, 7) is 3.85. The van der Waals surface area contributed by atoms with E-state index in [4.69, 9.17) is 0 Å². The van der Waals surface area contributed by atoms with Crippen molar-refractivity contribution in [3.8, 4) is 0 Å². The standard InChI is InChI=1S/C9H19NO4S/c1-8(2)7-15(12,13)10(3)6-5-9(11)14-4/h8H,5-7H2,1-4H3. The molecule has 0 aromatic heterocycles. The molecule has 0 radical (unpaired) electrons. The minimum atomic E-state index is -3.24. The molecule has 0 aliphatic rings. The number of esters is 1. The van der Waals surface area contributed by atoms with E-state index in [2.05, 4.69) is 4.74 Å². The maximum atomic E-state index is 11.6. The number of ether oxygens (including phenoxy) is 1. The zero-order valence-corrected chi connectivity index (χ0v) is 10.5. The molecule has 90 valence electrons. The maximum Gasteiger partial charge on any atom is 0.306 e. The molecule has 0 spiro atoms. The lowest BCUT2D eigenvalue weighted by Gasteiger charge is -2.17. The summed E-state index contributed by atoms with van der Waals surface area (Å²) in [5, 5.41) is 0. The van der Waals surface area contributed by atoms with Crippen LogP contribution in [0.25, 0.3) is 0 Å². The molecule has 0 aromatic carbocycles. The predicted octanol–water partition coefficient (Wildman–Crippen LogP) is 0.467. The molecule has 0 aromatic rings. The van der Waals surface area contributed by atoms with Crippen molar-refractivity contribution in [2.75, 3.05) is 26.5 Å². The van der Waals surface area contributed by atoms with Crippen LogP contribution in [0.4, 0.5) is 0 Å². The van der Waals surface area contributed by atoms with Crippen molar-refractivity contribution in [2.24, 2.45) is 5.92 Å². The fourth-order valence-electron chi connectivity index (χ4n) is 1.04. The molecule has 0 saturated carbocycles. The van der Waals surface area contributed by atoms with Crippen molar-refractivity contribution in [3.05, 3.63) is 0 Å². The number of hydrogen-bond donors (Lipinski definition) is 0. The first kappa shape index (κ1) is 14.4. The highest BCUT2D eigenvalue weighted by molar-refractivity contribution is 7.89. The number of hydrogen-bond acceptors (Lipinski definition) is 4. The van der Waals surface area contributed by atoms with Gasteiger partial charge in [0, 0.05) is 13.6 Å². The minimum Gasteiger partial charge on any atom is -0.469 e. The topological polar surface area (TPSA) is 63.7 Å². The molecule has 0 atom stereocenters. The van der Waals surface area contributed by atoms with E-state index in [1.165, 1.54) is 18.5 Å². The molecule has 15 heavy (non-hydrogen) atoms. The fourth-order valence-corrected chi connectivity index (χ4v) is 2.50. The van der Waals surface area contributed by atoms with Gasteiger partial charge in [-0.25, -0.2) is 12.7 Å². The summed E-state index contributed by atoms with van der Waals surface area (Å²) >= 11 is 0. The van der Waals surface area contributed by atoms with Gasteiger partial charge in [0.25, 0.3) is 0 Å². The van der Waals surface area contributed by atoms with Crippen molar-refractivity contribution in [3.63, 3.8) is 0 Å². The van der Waals surface area contributed by atoms with Crippen LogP contribution >= 0.6 is 0 Å². The summed E-state index contributed by atoms with van der Waals surface area (Å²) in [6.07, 6.45) is 0.0876. The summed E-state index contributed by atoms with van der Waals surface area (Å²) in [6, 6.07) is 0. The zero-order chi connectivity index (χ0) is 12.1. The highest BCUT2D eigenvalue weighted by atomic mass is 32.2. The highest BCUT2D eigenvalue weighted by Crippen LogP contribution is 2.05. The van der Waals surface area contributed by atoms with Gasteiger partial charge in [0.05, 0.1) is 19.3 Å². The molecule has 6 heteroatoms. The van der Waals surface area contributed by atoms with Crippen molar-refractivity contribution >= 4 is 16.0 Å². The van der Waals surface area contributed by atoms with Crippen LogP contribution in [-0.4, -0.2) is 45.1 Å². The van der Waals surface area contributed by atoms with Crippen molar-refractivity contribution in [1.82, 2.24) is 4.31 Å². The first-order valence-corrected chi connectivity index (χ1v) is 6.41. The molecule has 5 nitrogen and oxygen atoms in total. The summed E-state index contributed by atoms with van der Waals surface area (Å²) < 4.78 is 28.9. The Labute approximate surface area is 91.5 Å². The van der Waals surface area contributed by atoms with E-state index in [0.717, 1.165) is 0 Å².